The summed E-state index contributed by atoms with van der Waals surface area (Å²) in [4.78, 5) is 17.2. The summed E-state index contributed by atoms with van der Waals surface area (Å²) in [7, 11) is 0. The lowest BCUT2D eigenvalue weighted by Crippen LogP contribution is -2.46. The third kappa shape index (κ3) is 3.49. The monoisotopic (exact) mass is 332 g/mol. The number of hydrogen-bond donors (Lipinski definition) is 0. The third-order valence-corrected chi connectivity index (χ3v) is 6.10. The third-order valence-electron chi connectivity index (χ3n) is 6.10. The van der Waals surface area contributed by atoms with Gasteiger partial charge in [0.15, 0.2) is 0 Å². The van der Waals surface area contributed by atoms with Crippen LogP contribution in [0.5, 0.6) is 0 Å². The molecule has 2 aliphatic heterocycles. The van der Waals surface area contributed by atoms with Crippen molar-refractivity contribution in [1.29, 1.82) is 0 Å². The van der Waals surface area contributed by atoms with E-state index in [2.05, 4.69) is 23.6 Å². The molecule has 0 saturated carbocycles. The molecule has 1 aromatic rings. The van der Waals surface area contributed by atoms with Gasteiger partial charge in [0, 0.05) is 31.1 Å². The first-order valence-electron chi connectivity index (χ1n) is 9.33. The molecule has 4 heteroatoms. The zero-order valence-electron chi connectivity index (χ0n) is 14.9. The van der Waals surface area contributed by atoms with E-state index in [1.54, 1.807) is 12.1 Å². The quantitative estimate of drug-likeness (QED) is 0.833. The van der Waals surface area contributed by atoms with Crippen molar-refractivity contribution in [2.45, 2.75) is 70.5 Å². The van der Waals surface area contributed by atoms with Gasteiger partial charge in [-0.05, 0) is 63.3 Å². The van der Waals surface area contributed by atoms with E-state index in [1.165, 1.54) is 18.6 Å². The van der Waals surface area contributed by atoms with E-state index in [-0.39, 0.29) is 17.3 Å². The van der Waals surface area contributed by atoms with Gasteiger partial charge in [0.1, 0.15) is 5.82 Å². The van der Waals surface area contributed by atoms with Gasteiger partial charge in [-0.2, -0.15) is 0 Å². The van der Waals surface area contributed by atoms with Crippen LogP contribution in [0.4, 0.5) is 4.39 Å². The molecular weight excluding hydrogens is 303 g/mol. The number of hydrogen-bond acceptors (Lipinski definition) is 2. The molecule has 1 aromatic carbocycles. The van der Waals surface area contributed by atoms with Crippen LogP contribution in [0.25, 0.3) is 0 Å². The van der Waals surface area contributed by atoms with Crippen LogP contribution in [0.2, 0.25) is 0 Å². The number of amides is 1. The number of nitrogens with zero attached hydrogens (tertiary/aromatic N) is 2. The molecule has 3 nitrogen and oxygen atoms in total. The second kappa shape index (κ2) is 7.22. The predicted octanol–water partition coefficient (Wildman–Crippen LogP) is 3.97. The van der Waals surface area contributed by atoms with E-state index in [4.69, 9.17) is 0 Å². The van der Waals surface area contributed by atoms with Crippen molar-refractivity contribution >= 4 is 5.91 Å². The minimum atomic E-state index is -0.222. The molecule has 1 amide bonds. The van der Waals surface area contributed by atoms with Gasteiger partial charge < -0.3 is 9.80 Å². The van der Waals surface area contributed by atoms with Gasteiger partial charge in [-0.25, -0.2) is 4.39 Å². The molecule has 2 aliphatic rings. The molecule has 3 rings (SSSR count). The Hall–Kier alpha value is -1.42. The van der Waals surface area contributed by atoms with Crippen LogP contribution >= 0.6 is 0 Å². The summed E-state index contributed by atoms with van der Waals surface area (Å²) in [6.45, 7) is 7.36. The largest absolute Gasteiger partial charge is 0.333 e. The van der Waals surface area contributed by atoms with Crippen LogP contribution in [0.3, 0.4) is 0 Å². The highest BCUT2D eigenvalue weighted by atomic mass is 19.1. The fourth-order valence-electron chi connectivity index (χ4n) is 4.32. The van der Waals surface area contributed by atoms with E-state index in [9.17, 15) is 9.18 Å². The van der Waals surface area contributed by atoms with E-state index >= 15 is 0 Å². The molecule has 2 saturated heterocycles. The average molecular weight is 332 g/mol. The average Bonchev–Trinajstić information content (AvgIpc) is 2.76. The van der Waals surface area contributed by atoms with Crippen LogP contribution in [0.1, 0.15) is 57.9 Å². The molecule has 0 aliphatic carbocycles. The molecule has 0 N–H and O–H groups in total. The Balaban J connectivity index is 1.75. The number of benzene rings is 1. The van der Waals surface area contributed by atoms with Crippen molar-refractivity contribution < 1.29 is 9.18 Å². The summed E-state index contributed by atoms with van der Waals surface area (Å²) in [5.74, 6) is 0.0381. The van der Waals surface area contributed by atoms with E-state index in [1.807, 2.05) is 0 Å². The second-order valence-electron chi connectivity index (χ2n) is 7.48. The van der Waals surface area contributed by atoms with Crippen molar-refractivity contribution in [3.8, 4) is 0 Å². The van der Waals surface area contributed by atoms with Gasteiger partial charge in [-0.15, -0.1) is 0 Å². The minimum Gasteiger partial charge on any atom is -0.333 e. The van der Waals surface area contributed by atoms with Crippen molar-refractivity contribution in [1.82, 2.24) is 9.80 Å². The predicted molar refractivity (Wildman–Crippen MR) is 94.1 cm³/mol. The lowest BCUT2D eigenvalue weighted by Gasteiger charge is -2.38. The van der Waals surface area contributed by atoms with Gasteiger partial charge in [-0.1, -0.05) is 19.1 Å². The Labute approximate surface area is 144 Å². The van der Waals surface area contributed by atoms with Gasteiger partial charge in [0.2, 0.25) is 5.91 Å². The maximum atomic E-state index is 13.1. The molecule has 2 heterocycles. The molecule has 0 unspecified atom stereocenters. The number of carbonyl (C=O) groups excluding carboxylic acids is 1. The normalized spacial score (nSPS) is 26.8. The molecule has 0 radical (unpaired) electrons. The first-order valence-corrected chi connectivity index (χ1v) is 9.33. The van der Waals surface area contributed by atoms with Crippen LogP contribution in [-0.4, -0.2) is 40.4 Å². The van der Waals surface area contributed by atoms with Crippen LogP contribution in [0, 0.1) is 5.82 Å². The summed E-state index contributed by atoms with van der Waals surface area (Å²) in [5.41, 5.74) is 1.03. The maximum absolute atomic E-state index is 13.1. The fourth-order valence-corrected chi connectivity index (χ4v) is 4.32. The number of carbonyl (C=O) groups is 1. The second-order valence-corrected chi connectivity index (χ2v) is 7.48. The van der Waals surface area contributed by atoms with Gasteiger partial charge in [0.25, 0.3) is 0 Å². The molecular formula is C20H29FN2O. The van der Waals surface area contributed by atoms with Crippen molar-refractivity contribution in [2.75, 3.05) is 13.1 Å². The first-order chi connectivity index (χ1) is 11.5. The number of rotatable bonds is 4. The smallest absolute Gasteiger partial charge is 0.223 e. The van der Waals surface area contributed by atoms with Crippen molar-refractivity contribution in [3.05, 3.63) is 35.6 Å². The number of likely N-dealkylation sites (tertiary alicyclic amines) is 2. The first kappa shape index (κ1) is 17.4. The maximum Gasteiger partial charge on any atom is 0.223 e. The molecule has 2 atom stereocenters. The Morgan fingerprint density at radius 2 is 1.92 bits per heavy atom. The van der Waals surface area contributed by atoms with Crippen LogP contribution < -0.4 is 0 Å². The Bertz CT molecular complexity index is 574. The fraction of sp³-hybridized carbons (Fsp3) is 0.650. The summed E-state index contributed by atoms with van der Waals surface area (Å²) in [6.07, 6.45) is 6.10. The molecule has 132 valence electrons. The Morgan fingerprint density at radius 1 is 1.17 bits per heavy atom. The summed E-state index contributed by atoms with van der Waals surface area (Å²) in [5, 5.41) is 0. The molecule has 1 spiro atoms. The Kier molecular flexibility index (Phi) is 5.24. The van der Waals surface area contributed by atoms with Crippen molar-refractivity contribution in [3.63, 3.8) is 0 Å². The van der Waals surface area contributed by atoms with Crippen LogP contribution in [0.15, 0.2) is 24.3 Å². The summed E-state index contributed by atoms with van der Waals surface area (Å²) < 4.78 is 13.1. The van der Waals surface area contributed by atoms with Crippen LogP contribution in [-0.2, 0) is 11.3 Å². The molecule has 24 heavy (non-hydrogen) atoms. The van der Waals surface area contributed by atoms with E-state index in [0.717, 1.165) is 44.3 Å². The SMILES string of the molecule is CC[C@H](C)N1CCC[C@@]2(CCC(=O)N2Cc2ccc(F)cc2)CC1. The summed E-state index contributed by atoms with van der Waals surface area (Å²) in [6, 6.07) is 7.19. The topological polar surface area (TPSA) is 23.6 Å². The Morgan fingerprint density at radius 3 is 2.62 bits per heavy atom. The van der Waals surface area contributed by atoms with E-state index in [0.29, 0.717) is 19.0 Å². The highest BCUT2D eigenvalue weighted by Crippen LogP contribution is 2.40. The van der Waals surface area contributed by atoms with Crippen molar-refractivity contribution in [2.24, 2.45) is 0 Å². The number of halogens is 1. The molecule has 2 fully saturated rings. The van der Waals surface area contributed by atoms with Gasteiger partial charge >= 0.3 is 0 Å². The standard InChI is InChI=1S/C20H29FN2O/c1-3-16(2)22-13-4-10-20(12-14-22)11-9-19(24)23(20)15-17-5-7-18(21)8-6-17/h5-8,16H,3-4,9-15H2,1-2H3/t16-,20+/m0/s1. The highest BCUT2D eigenvalue weighted by Gasteiger charge is 2.45. The molecule has 0 aromatic heterocycles. The minimum absolute atomic E-state index is 0.00762. The molecule has 0 bridgehead atoms. The van der Waals surface area contributed by atoms with E-state index < -0.39 is 0 Å². The zero-order chi connectivity index (χ0) is 17.2. The lowest BCUT2D eigenvalue weighted by atomic mass is 9.87. The van der Waals surface area contributed by atoms with Gasteiger partial charge in [-0.3, -0.25) is 4.79 Å². The van der Waals surface area contributed by atoms with Gasteiger partial charge in [0.05, 0.1) is 0 Å². The summed E-state index contributed by atoms with van der Waals surface area (Å²) >= 11 is 0. The zero-order valence-corrected chi connectivity index (χ0v) is 14.9. The highest BCUT2D eigenvalue weighted by molar-refractivity contribution is 5.79. The lowest BCUT2D eigenvalue weighted by molar-refractivity contribution is -0.132.